The first-order valence-corrected chi connectivity index (χ1v) is 4.74. The average Bonchev–Trinajstić information content (AvgIpc) is 2.17. The third-order valence-electron chi connectivity index (χ3n) is 2.18. The molecule has 0 aliphatic carbocycles. The zero-order valence-corrected chi connectivity index (χ0v) is 8.11. The van der Waals surface area contributed by atoms with Crippen LogP contribution in [0.1, 0.15) is 11.1 Å². The monoisotopic (exact) mass is 201 g/mol. The van der Waals surface area contributed by atoms with Crippen molar-refractivity contribution in [1.82, 2.24) is 0 Å². The lowest BCUT2D eigenvalue weighted by Crippen LogP contribution is -1.88. The van der Waals surface area contributed by atoms with Crippen LogP contribution in [0.4, 0.5) is 4.39 Å². The largest absolute Gasteiger partial charge is 0.290 e. The highest BCUT2D eigenvalue weighted by molar-refractivity contribution is 5.32. The fourth-order valence-electron chi connectivity index (χ4n) is 1.55. The highest BCUT2D eigenvalue weighted by Gasteiger charge is 2.01. The molecule has 2 heteroatoms. The minimum atomic E-state index is -0.464. The van der Waals surface area contributed by atoms with Crippen LogP contribution >= 0.6 is 0 Å². The second kappa shape index (κ2) is 4.13. The second-order valence-corrected chi connectivity index (χ2v) is 3.46. The normalized spacial score (nSPS) is 10.2. The van der Waals surface area contributed by atoms with E-state index in [-0.39, 0.29) is 5.75 Å². The van der Waals surface area contributed by atoms with Crippen LogP contribution in [0.2, 0.25) is 0 Å². The number of hydrogen-bond acceptors (Lipinski definition) is 0. The molecule has 0 amide bonds. The Kier molecular flexibility index (Phi) is 2.68. The van der Waals surface area contributed by atoms with Gasteiger partial charge in [-0.25, -0.2) is 4.39 Å². The molecule has 0 saturated carbocycles. The quantitative estimate of drug-likeness (QED) is 0.708. The van der Waals surface area contributed by atoms with Gasteiger partial charge in [0, 0.05) is 6.07 Å². The van der Waals surface area contributed by atoms with E-state index < -0.39 is 5.82 Å². The van der Waals surface area contributed by atoms with Crippen molar-refractivity contribution < 1.29 is 9.50 Å². The zero-order valence-electron chi connectivity index (χ0n) is 8.11. The molecule has 2 rings (SSSR count). The molecule has 2 aromatic carbocycles. The maximum Gasteiger partial charge on any atom is 0.181 e. The fourth-order valence-corrected chi connectivity index (χ4v) is 1.55. The van der Waals surface area contributed by atoms with Gasteiger partial charge in [0.25, 0.3) is 0 Å². The zero-order chi connectivity index (χ0) is 10.7. The van der Waals surface area contributed by atoms with Gasteiger partial charge in [0.15, 0.2) is 5.75 Å². The summed E-state index contributed by atoms with van der Waals surface area (Å²) in [6, 6.07) is 13.5. The molecule has 0 unspecified atom stereocenters. The molecule has 0 aliphatic heterocycles. The van der Waals surface area contributed by atoms with Gasteiger partial charge < -0.3 is 0 Å². The van der Waals surface area contributed by atoms with Gasteiger partial charge in [-0.2, -0.15) is 0 Å². The molecule has 0 saturated heterocycles. The maximum absolute atomic E-state index is 12.9. The van der Waals surface area contributed by atoms with Crippen LogP contribution < -0.4 is 0 Å². The lowest BCUT2D eigenvalue weighted by molar-refractivity contribution is 0.351. The Bertz CT molecular complexity index is 431. The molecule has 0 spiro atoms. The van der Waals surface area contributed by atoms with Crippen molar-refractivity contribution in [1.29, 1.82) is 0 Å². The molecule has 1 nitrogen and oxygen atoms in total. The summed E-state index contributed by atoms with van der Waals surface area (Å²) in [5.41, 5.74) is 1.79. The summed E-state index contributed by atoms with van der Waals surface area (Å²) in [5.74, 6) is -0.741. The van der Waals surface area contributed by atoms with Crippen LogP contribution in [0.25, 0.3) is 0 Å². The maximum atomic E-state index is 12.9. The standard InChI is InChI=1S/C13H10FO/c14-12-7-11(8-13(15)9-12)6-10-4-2-1-3-5-10/h1-5,7-9H,6H2. The van der Waals surface area contributed by atoms with Gasteiger partial charge in [0.2, 0.25) is 0 Å². The summed E-state index contributed by atoms with van der Waals surface area (Å²) in [5, 5.41) is 11.1. The van der Waals surface area contributed by atoms with Gasteiger partial charge in [-0.15, -0.1) is 0 Å². The van der Waals surface area contributed by atoms with Gasteiger partial charge in [-0.1, -0.05) is 30.3 Å². The van der Waals surface area contributed by atoms with Crippen LogP contribution in [-0.4, -0.2) is 0 Å². The molecule has 1 radical (unpaired) electrons. The van der Waals surface area contributed by atoms with Crippen molar-refractivity contribution in [2.45, 2.75) is 6.42 Å². The van der Waals surface area contributed by atoms with Crippen molar-refractivity contribution in [2.24, 2.45) is 0 Å². The third-order valence-corrected chi connectivity index (χ3v) is 2.18. The molecular formula is C13H10FO. The molecule has 0 atom stereocenters. The van der Waals surface area contributed by atoms with E-state index in [2.05, 4.69) is 0 Å². The first-order valence-electron chi connectivity index (χ1n) is 4.74. The van der Waals surface area contributed by atoms with Crippen LogP contribution in [0.5, 0.6) is 5.75 Å². The Labute approximate surface area is 87.8 Å². The van der Waals surface area contributed by atoms with Crippen molar-refractivity contribution in [3.8, 4) is 5.75 Å². The van der Waals surface area contributed by atoms with Crippen molar-refractivity contribution >= 4 is 0 Å². The van der Waals surface area contributed by atoms with E-state index >= 15 is 0 Å². The van der Waals surface area contributed by atoms with Crippen LogP contribution in [-0.2, 0) is 11.5 Å². The summed E-state index contributed by atoms with van der Waals surface area (Å²) in [6.45, 7) is 0. The Morgan fingerprint density at radius 3 is 2.33 bits per heavy atom. The lowest BCUT2D eigenvalue weighted by atomic mass is 10.0. The average molecular weight is 201 g/mol. The lowest BCUT2D eigenvalue weighted by Gasteiger charge is -2.01. The van der Waals surface area contributed by atoms with Crippen molar-refractivity contribution in [3.63, 3.8) is 0 Å². The van der Waals surface area contributed by atoms with E-state index in [0.717, 1.165) is 11.6 Å². The second-order valence-electron chi connectivity index (χ2n) is 3.46. The topological polar surface area (TPSA) is 19.9 Å². The van der Waals surface area contributed by atoms with Gasteiger partial charge in [0.05, 0.1) is 0 Å². The first kappa shape index (κ1) is 9.71. The summed E-state index contributed by atoms with van der Waals surface area (Å²) in [4.78, 5) is 0. The molecule has 0 heterocycles. The minimum absolute atomic E-state index is 0.277. The number of hydrogen-bond donors (Lipinski definition) is 0. The highest BCUT2D eigenvalue weighted by atomic mass is 19.1. The molecular weight excluding hydrogens is 191 g/mol. The smallest absolute Gasteiger partial charge is 0.181 e. The SMILES string of the molecule is [O]c1cc(F)cc(Cc2ccccc2)c1. The predicted molar refractivity (Wildman–Crippen MR) is 55.8 cm³/mol. The van der Waals surface area contributed by atoms with Crippen molar-refractivity contribution in [3.05, 3.63) is 65.5 Å². The van der Waals surface area contributed by atoms with Gasteiger partial charge in [-0.3, -0.25) is 5.11 Å². The van der Waals surface area contributed by atoms with E-state index in [1.54, 1.807) is 0 Å². The molecule has 75 valence electrons. The molecule has 0 bridgehead atoms. The Hall–Kier alpha value is -1.83. The predicted octanol–water partition coefficient (Wildman–Crippen LogP) is 3.56. The van der Waals surface area contributed by atoms with E-state index in [1.165, 1.54) is 12.1 Å². The Balaban J connectivity index is 2.25. The van der Waals surface area contributed by atoms with Crippen LogP contribution in [0, 0.1) is 5.82 Å². The Morgan fingerprint density at radius 2 is 1.67 bits per heavy atom. The fraction of sp³-hybridized carbons (Fsp3) is 0.0769. The number of rotatable bonds is 2. The first-order chi connectivity index (χ1) is 7.24. The molecule has 0 aliphatic rings. The minimum Gasteiger partial charge on any atom is -0.290 e. The van der Waals surface area contributed by atoms with Crippen molar-refractivity contribution in [2.75, 3.05) is 0 Å². The molecule has 2 aromatic rings. The van der Waals surface area contributed by atoms with E-state index in [1.807, 2.05) is 30.3 Å². The van der Waals surface area contributed by atoms with E-state index in [4.69, 9.17) is 0 Å². The summed E-state index contributed by atoms with van der Waals surface area (Å²) < 4.78 is 12.9. The van der Waals surface area contributed by atoms with Gasteiger partial charge in [0.1, 0.15) is 5.82 Å². The number of benzene rings is 2. The molecule has 0 N–H and O–H groups in total. The van der Waals surface area contributed by atoms with E-state index in [0.29, 0.717) is 12.0 Å². The third kappa shape index (κ3) is 2.56. The van der Waals surface area contributed by atoms with Gasteiger partial charge >= 0.3 is 0 Å². The van der Waals surface area contributed by atoms with Crippen LogP contribution in [0.15, 0.2) is 48.5 Å². The molecule has 0 fully saturated rings. The molecule has 0 aromatic heterocycles. The van der Waals surface area contributed by atoms with Crippen LogP contribution in [0.3, 0.4) is 0 Å². The Morgan fingerprint density at radius 1 is 0.933 bits per heavy atom. The highest BCUT2D eigenvalue weighted by Crippen LogP contribution is 2.18. The summed E-state index contributed by atoms with van der Waals surface area (Å²) >= 11 is 0. The summed E-state index contributed by atoms with van der Waals surface area (Å²) in [6.07, 6.45) is 0.591. The summed E-state index contributed by atoms with van der Waals surface area (Å²) in [7, 11) is 0. The molecule has 15 heavy (non-hydrogen) atoms. The van der Waals surface area contributed by atoms with Gasteiger partial charge in [-0.05, 0) is 29.7 Å². The number of halogens is 1. The van der Waals surface area contributed by atoms with E-state index in [9.17, 15) is 9.50 Å².